The van der Waals surface area contributed by atoms with Gasteiger partial charge in [-0.3, -0.25) is 14.3 Å². The Balaban J connectivity index is 1.82. The number of amides is 2. The smallest absolute Gasteiger partial charge is 0.243 e. The van der Waals surface area contributed by atoms with Gasteiger partial charge in [0.05, 0.1) is 29.5 Å². The summed E-state index contributed by atoms with van der Waals surface area (Å²) in [5.41, 5.74) is 5.03. The van der Waals surface area contributed by atoms with E-state index < -0.39 is 0 Å². The van der Waals surface area contributed by atoms with Crippen LogP contribution in [-0.4, -0.2) is 55.4 Å². The van der Waals surface area contributed by atoms with Gasteiger partial charge in [0.1, 0.15) is 6.54 Å². The third-order valence-corrected chi connectivity index (χ3v) is 5.28. The van der Waals surface area contributed by atoms with Crippen LogP contribution in [0.3, 0.4) is 0 Å². The Kier molecular flexibility index (Phi) is 6.03. The van der Waals surface area contributed by atoms with Gasteiger partial charge in [0.15, 0.2) is 5.65 Å². The molecule has 4 rings (SSSR count). The Morgan fingerprint density at radius 3 is 2.64 bits per heavy atom. The molecule has 0 bridgehead atoms. The molecule has 0 unspecified atom stereocenters. The minimum atomic E-state index is -0.284. The molecule has 0 spiro atoms. The number of aryl methyl sites for hydroxylation is 1. The molecular weight excluding hydrogens is 418 g/mol. The lowest BCUT2D eigenvalue weighted by Gasteiger charge is -2.09. The molecule has 0 aliphatic carbocycles. The predicted molar refractivity (Wildman–Crippen MR) is 126 cm³/mol. The lowest BCUT2D eigenvalue weighted by atomic mass is 10.1. The summed E-state index contributed by atoms with van der Waals surface area (Å²) in [5.74, 6) is -0.335. The first-order chi connectivity index (χ1) is 15.9. The summed E-state index contributed by atoms with van der Waals surface area (Å²) < 4.78 is 3.38. The average molecular weight is 444 g/mol. The predicted octanol–water partition coefficient (Wildman–Crippen LogP) is 2.48. The molecule has 0 atom stereocenters. The molecule has 0 aliphatic rings. The summed E-state index contributed by atoms with van der Waals surface area (Å²) in [7, 11) is 3.42. The van der Waals surface area contributed by atoms with E-state index in [4.69, 9.17) is 5.10 Å². The van der Waals surface area contributed by atoms with E-state index in [2.05, 4.69) is 22.0 Å². The van der Waals surface area contributed by atoms with Gasteiger partial charge in [0.25, 0.3) is 0 Å². The van der Waals surface area contributed by atoms with Gasteiger partial charge in [0, 0.05) is 32.1 Å². The molecule has 0 saturated carbocycles. The fourth-order valence-electron chi connectivity index (χ4n) is 3.46. The number of carbonyl (C=O) groups is 2. The van der Waals surface area contributed by atoms with Crippen molar-refractivity contribution in [3.8, 4) is 16.8 Å². The van der Waals surface area contributed by atoms with Crippen molar-refractivity contribution in [3.05, 3.63) is 72.8 Å². The number of rotatable bonds is 7. The van der Waals surface area contributed by atoms with Crippen molar-refractivity contribution in [2.45, 2.75) is 20.0 Å². The molecule has 2 amide bonds. The summed E-state index contributed by atoms with van der Waals surface area (Å²) in [6.07, 6.45) is 6.49. The molecule has 0 fully saturated rings. The van der Waals surface area contributed by atoms with Crippen LogP contribution in [0, 0.1) is 6.92 Å². The van der Waals surface area contributed by atoms with Gasteiger partial charge in [-0.05, 0) is 36.8 Å². The first-order valence-electron chi connectivity index (χ1n) is 10.4. The Bertz CT molecular complexity index is 1330. The minimum absolute atomic E-state index is 0.0513. The third-order valence-electron chi connectivity index (χ3n) is 5.28. The van der Waals surface area contributed by atoms with Gasteiger partial charge in [-0.2, -0.15) is 10.2 Å². The van der Waals surface area contributed by atoms with Gasteiger partial charge in [-0.1, -0.05) is 24.3 Å². The van der Waals surface area contributed by atoms with Crippen molar-refractivity contribution in [1.29, 1.82) is 0 Å². The molecule has 0 aliphatic heterocycles. The highest BCUT2D eigenvalue weighted by atomic mass is 16.2. The Morgan fingerprint density at radius 2 is 1.94 bits per heavy atom. The normalized spacial score (nSPS) is 10.9. The van der Waals surface area contributed by atoms with Gasteiger partial charge in [0.2, 0.25) is 11.8 Å². The van der Waals surface area contributed by atoms with Crippen molar-refractivity contribution >= 4 is 22.8 Å². The molecule has 9 heteroatoms. The van der Waals surface area contributed by atoms with Crippen molar-refractivity contribution < 1.29 is 9.59 Å². The quantitative estimate of drug-likeness (QED) is 0.443. The largest absolute Gasteiger partial charge is 0.347 e. The van der Waals surface area contributed by atoms with E-state index in [1.54, 1.807) is 35.9 Å². The highest BCUT2D eigenvalue weighted by Gasteiger charge is 2.19. The Labute approximate surface area is 191 Å². The van der Waals surface area contributed by atoms with Crippen molar-refractivity contribution in [2.24, 2.45) is 0 Å². The highest BCUT2D eigenvalue weighted by Crippen LogP contribution is 2.31. The molecule has 9 nitrogen and oxygen atoms in total. The lowest BCUT2D eigenvalue weighted by Crippen LogP contribution is -2.26. The van der Waals surface area contributed by atoms with Crippen molar-refractivity contribution in [2.75, 3.05) is 14.1 Å². The standard InChI is InChI=1S/C24H25N7O2/c1-5-21(32)26-13-20-23-19(17-12-27-30(14-17)15-22(33)29(3)4)10-11-25-24(23)31(28-20)18-8-6-16(2)7-9-18/h5-12,14H,1,13,15H2,2-4H3,(H,26,32). The number of carbonyl (C=O) groups excluding carboxylic acids is 2. The van der Waals surface area contributed by atoms with Crippen LogP contribution in [0.25, 0.3) is 27.8 Å². The van der Waals surface area contributed by atoms with Gasteiger partial charge in [-0.15, -0.1) is 0 Å². The summed E-state index contributed by atoms with van der Waals surface area (Å²) in [4.78, 5) is 30.0. The fourth-order valence-corrected chi connectivity index (χ4v) is 3.46. The van der Waals surface area contributed by atoms with Crippen LogP contribution >= 0.6 is 0 Å². The summed E-state index contributed by atoms with van der Waals surface area (Å²) in [5, 5.41) is 12.7. The van der Waals surface area contributed by atoms with Crippen molar-refractivity contribution in [1.82, 2.24) is 34.8 Å². The number of nitrogens with zero attached hydrogens (tertiary/aromatic N) is 6. The zero-order valence-electron chi connectivity index (χ0n) is 18.8. The molecule has 1 N–H and O–H groups in total. The number of fused-ring (bicyclic) bond motifs is 1. The first kappa shape index (κ1) is 21.9. The maximum absolute atomic E-state index is 12.1. The van der Waals surface area contributed by atoms with E-state index in [1.165, 1.54) is 11.0 Å². The summed E-state index contributed by atoms with van der Waals surface area (Å²) in [6, 6.07) is 9.87. The molecule has 1 aromatic carbocycles. The number of benzene rings is 1. The number of aromatic nitrogens is 5. The number of pyridine rings is 1. The molecule has 3 aromatic heterocycles. The van der Waals surface area contributed by atoms with E-state index in [1.807, 2.05) is 43.5 Å². The van der Waals surface area contributed by atoms with Gasteiger partial charge >= 0.3 is 0 Å². The zero-order valence-corrected chi connectivity index (χ0v) is 18.8. The second-order valence-electron chi connectivity index (χ2n) is 7.89. The number of nitrogens with one attached hydrogen (secondary N) is 1. The van der Waals surface area contributed by atoms with Crippen LogP contribution in [0.5, 0.6) is 0 Å². The monoisotopic (exact) mass is 443 g/mol. The highest BCUT2D eigenvalue weighted by molar-refractivity contribution is 5.96. The number of hydrogen-bond acceptors (Lipinski definition) is 5. The first-order valence-corrected chi connectivity index (χ1v) is 10.4. The van der Waals surface area contributed by atoms with Crippen LogP contribution < -0.4 is 5.32 Å². The maximum atomic E-state index is 12.1. The van der Waals surface area contributed by atoms with E-state index in [-0.39, 0.29) is 24.9 Å². The van der Waals surface area contributed by atoms with E-state index in [0.29, 0.717) is 11.3 Å². The van der Waals surface area contributed by atoms with E-state index in [0.717, 1.165) is 27.8 Å². The van der Waals surface area contributed by atoms with Crippen LogP contribution in [0.4, 0.5) is 0 Å². The SMILES string of the molecule is C=CC(=O)NCc1nn(-c2ccc(C)cc2)c2nccc(-c3cnn(CC(=O)N(C)C)c3)c12. The topological polar surface area (TPSA) is 97.9 Å². The molecule has 0 radical (unpaired) electrons. The Hall–Kier alpha value is -4.27. The minimum Gasteiger partial charge on any atom is -0.347 e. The molecule has 3 heterocycles. The maximum Gasteiger partial charge on any atom is 0.243 e. The fraction of sp³-hybridized carbons (Fsp3) is 0.208. The average Bonchev–Trinajstić information content (AvgIpc) is 3.42. The molecular formula is C24H25N7O2. The van der Waals surface area contributed by atoms with Crippen LogP contribution in [0.1, 0.15) is 11.3 Å². The zero-order chi connectivity index (χ0) is 23.5. The van der Waals surface area contributed by atoms with Crippen LogP contribution in [0.15, 0.2) is 61.6 Å². The summed E-state index contributed by atoms with van der Waals surface area (Å²) in [6.45, 7) is 5.89. The van der Waals surface area contributed by atoms with Crippen molar-refractivity contribution in [3.63, 3.8) is 0 Å². The number of hydrogen-bond donors (Lipinski definition) is 1. The Morgan fingerprint density at radius 1 is 1.18 bits per heavy atom. The van der Waals surface area contributed by atoms with Crippen LogP contribution in [-0.2, 0) is 22.7 Å². The summed E-state index contributed by atoms with van der Waals surface area (Å²) >= 11 is 0. The van der Waals surface area contributed by atoms with E-state index >= 15 is 0 Å². The van der Waals surface area contributed by atoms with Crippen LogP contribution in [0.2, 0.25) is 0 Å². The molecule has 33 heavy (non-hydrogen) atoms. The second-order valence-corrected chi connectivity index (χ2v) is 7.89. The third kappa shape index (κ3) is 4.52. The van der Waals surface area contributed by atoms with Gasteiger partial charge < -0.3 is 10.2 Å². The lowest BCUT2D eigenvalue weighted by molar-refractivity contribution is -0.129. The molecule has 4 aromatic rings. The van der Waals surface area contributed by atoms with E-state index in [9.17, 15) is 9.59 Å². The second kappa shape index (κ2) is 9.07. The number of likely N-dealkylation sites (N-methyl/N-ethyl adjacent to an activating group) is 1. The molecule has 0 saturated heterocycles. The van der Waals surface area contributed by atoms with Gasteiger partial charge in [-0.25, -0.2) is 9.67 Å². The molecule has 168 valence electrons.